The van der Waals surface area contributed by atoms with Crippen LogP contribution in [0.15, 0.2) is 59.4 Å². The Kier molecular flexibility index (Phi) is 8.98. The molecule has 1 amide bonds. The molecule has 0 saturated heterocycles. The van der Waals surface area contributed by atoms with Gasteiger partial charge in [-0.1, -0.05) is 54.1 Å². The largest absolute Gasteiger partial charge is 0.395 e. The standard InChI is InChI=1S/C28H30ClFN6O4/c1-5-35-24(15-40-14-18-9-7-6-8-10-18)34-36(28(35)39)23-12-19(21(13-37)16(2)3)20(11-22(23)30)27(38)31-25-17(4)32-33-26(25)29/h6-12,21,37H,2,5,13-15H2,1,3-4H3,(H,31,38)(H,32,33). The van der Waals surface area contributed by atoms with Crippen molar-refractivity contribution in [2.75, 3.05) is 11.9 Å². The Morgan fingerprint density at radius 3 is 2.60 bits per heavy atom. The van der Waals surface area contributed by atoms with Gasteiger partial charge in [-0.05, 0) is 44.0 Å². The van der Waals surface area contributed by atoms with Crippen molar-refractivity contribution in [2.24, 2.45) is 0 Å². The molecule has 4 aromatic rings. The van der Waals surface area contributed by atoms with E-state index in [2.05, 4.69) is 27.2 Å². The van der Waals surface area contributed by atoms with E-state index in [1.807, 2.05) is 30.3 Å². The van der Waals surface area contributed by atoms with E-state index in [1.165, 1.54) is 10.6 Å². The number of ether oxygens (including phenoxy) is 1. The summed E-state index contributed by atoms with van der Waals surface area (Å²) < 4.78 is 23.7. The lowest BCUT2D eigenvalue weighted by atomic mass is 9.89. The van der Waals surface area contributed by atoms with Crippen LogP contribution in [0.1, 0.15) is 52.8 Å². The zero-order chi connectivity index (χ0) is 29.0. The fourth-order valence-electron chi connectivity index (χ4n) is 4.32. The van der Waals surface area contributed by atoms with Crippen molar-refractivity contribution >= 4 is 23.2 Å². The number of nitrogens with one attached hydrogen (secondary N) is 2. The number of hydrogen-bond donors (Lipinski definition) is 3. The summed E-state index contributed by atoms with van der Waals surface area (Å²) in [5.41, 5.74) is 1.71. The van der Waals surface area contributed by atoms with Crippen LogP contribution in [0.5, 0.6) is 0 Å². The minimum absolute atomic E-state index is 0.0236. The van der Waals surface area contributed by atoms with Crippen LogP contribution in [0.4, 0.5) is 10.1 Å². The second kappa shape index (κ2) is 12.4. The summed E-state index contributed by atoms with van der Waals surface area (Å²) in [4.78, 5) is 26.6. The zero-order valence-corrected chi connectivity index (χ0v) is 23.1. The van der Waals surface area contributed by atoms with Gasteiger partial charge < -0.3 is 15.2 Å². The second-order valence-electron chi connectivity index (χ2n) is 9.27. The maximum atomic E-state index is 15.6. The van der Waals surface area contributed by atoms with Crippen LogP contribution in [-0.4, -0.2) is 42.2 Å². The van der Waals surface area contributed by atoms with Crippen LogP contribution in [0.3, 0.4) is 0 Å². The van der Waals surface area contributed by atoms with Crippen LogP contribution >= 0.6 is 11.6 Å². The Labute approximate surface area is 235 Å². The molecule has 4 rings (SSSR count). The van der Waals surface area contributed by atoms with Crippen molar-refractivity contribution in [3.63, 3.8) is 0 Å². The lowest BCUT2D eigenvalue weighted by Crippen LogP contribution is -2.25. The topological polar surface area (TPSA) is 127 Å². The van der Waals surface area contributed by atoms with Gasteiger partial charge in [-0.15, -0.1) is 5.10 Å². The Bertz CT molecular complexity index is 1570. The Morgan fingerprint density at radius 2 is 2.00 bits per heavy atom. The van der Waals surface area contributed by atoms with E-state index in [4.69, 9.17) is 16.3 Å². The minimum atomic E-state index is -0.859. The maximum absolute atomic E-state index is 15.6. The molecular weight excluding hydrogens is 539 g/mol. The summed E-state index contributed by atoms with van der Waals surface area (Å²) in [6, 6.07) is 11.9. The van der Waals surface area contributed by atoms with Gasteiger partial charge in [0.25, 0.3) is 5.91 Å². The molecule has 1 atom stereocenters. The number of aliphatic hydroxyl groups excluding tert-OH is 1. The maximum Gasteiger partial charge on any atom is 0.350 e. The lowest BCUT2D eigenvalue weighted by Gasteiger charge is -2.20. The highest BCUT2D eigenvalue weighted by atomic mass is 35.5. The number of aryl methyl sites for hydroxylation is 1. The molecule has 0 spiro atoms. The Balaban J connectivity index is 1.74. The monoisotopic (exact) mass is 568 g/mol. The summed E-state index contributed by atoms with van der Waals surface area (Å²) in [5.74, 6) is -1.94. The molecule has 0 saturated carbocycles. The van der Waals surface area contributed by atoms with Gasteiger partial charge in [0.2, 0.25) is 0 Å². The molecule has 210 valence electrons. The van der Waals surface area contributed by atoms with Crippen molar-refractivity contribution < 1.29 is 19.0 Å². The first-order chi connectivity index (χ1) is 19.2. The van der Waals surface area contributed by atoms with E-state index in [0.29, 0.717) is 23.7 Å². The summed E-state index contributed by atoms with van der Waals surface area (Å²) in [7, 11) is 0. The number of aliphatic hydroxyl groups is 1. The molecule has 0 aliphatic rings. The lowest BCUT2D eigenvalue weighted by molar-refractivity contribution is 0.0989. The highest BCUT2D eigenvalue weighted by Gasteiger charge is 2.26. The number of benzene rings is 2. The molecule has 2 aromatic heterocycles. The third kappa shape index (κ3) is 5.91. The molecule has 0 aliphatic heterocycles. The number of hydrogen-bond acceptors (Lipinski definition) is 6. The zero-order valence-electron chi connectivity index (χ0n) is 22.4. The van der Waals surface area contributed by atoms with Crippen LogP contribution in [0.2, 0.25) is 5.15 Å². The molecule has 2 aromatic carbocycles. The van der Waals surface area contributed by atoms with Crippen LogP contribution in [-0.2, 0) is 24.5 Å². The van der Waals surface area contributed by atoms with Crippen LogP contribution in [0.25, 0.3) is 5.69 Å². The van der Waals surface area contributed by atoms with Gasteiger partial charge in [-0.2, -0.15) is 9.78 Å². The average molecular weight is 569 g/mol. The van der Waals surface area contributed by atoms with Gasteiger partial charge >= 0.3 is 5.69 Å². The van der Waals surface area contributed by atoms with E-state index in [9.17, 15) is 14.7 Å². The molecule has 2 heterocycles. The minimum Gasteiger partial charge on any atom is -0.395 e. The first-order valence-electron chi connectivity index (χ1n) is 12.6. The quantitative estimate of drug-likeness (QED) is 0.229. The van der Waals surface area contributed by atoms with Crippen molar-refractivity contribution in [1.29, 1.82) is 0 Å². The van der Waals surface area contributed by atoms with Gasteiger partial charge in [0, 0.05) is 18.0 Å². The molecule has 0 bridgehead atoms. The van der Waals surface area contributed by atoms with E-state index >= 15 is 4.39 Å². The number of rotatable bonds is 11. The van der Waals surface area contributed by atoms with E-state index < -0.39 is 29.9 Å². The van der Waals surface area contributed by atoms with Crippen molar-refractivity contribution in [1.82, 2.24) is 24.5 Å². The number of carbonyl (C=O) groups excluding carboxylic acids is 1. The summed E-state index contributed by atoms with van der Waals surface area (Å²) in [6.07, 6.45) is 0. The summed E-state index contributed by atoms with van der Waals surface area (Å²) >= 11 is 6.07. The normalized spacial score (nSPS) is 11.9. The molecule has 0 radical (unpaired) electrons. The van der Waals surface area contributed by atoms with Crippen LogP contribution in [0, 0.1) is 12.7 Å². The molecule has 0 aliphatic carbocycles. The smallest absolute Gasteiger partial charge is 0.350 e. The van der Waals surface area contributed by atoms with Gasteiger partial charge in [0.1, 0.15) is 23.8 Å². The number of aromatic nitrogens is 5. The molecule has 12 heteroatoms. The summed E-state index contributed by atoms with van der Waals surface area (Å²) in [6.45, 7) is 9.26. The van der Waals surface area contributed by atoms with E-state index in [0.717, 1.165) is 16.3 Å². The molecular formula is C28H30ClFN6O4. The predicted octanol–water partition coefficient (Wildman–Crippen LogP) is 4.50. The number of halogens is 2. The van der Waals surface area contributed by atoms with Crippen molar-refractivity contribution in [3.05, 3.63) is 104 Å². The molecule has 3 N–H and O–H groups in total. The Morgan fingerprint density at radius 1 is 1.27 bits per heavy atom. The predicted molar refractivity (Wildman–Crippen MR) is 149 cm³/mol. The number of H-pyrrole nitrogens is 1. The molecule has 10 nitrogen and oxygen atoms in total. The fourth-order valence-corrected chi connectivity index (χ4v) is 4.55. The second-order valence-corrected chi connectivity index (χ2v) is 9.63. The molecule has 0 fully saturated rings. The van der Waals surface area contributed by atoms with Gasteiger partial charge in [0.15, 0.2) is 11.0 Å². The molecule has 40 heavy (non-hydrogen) atoms. The number of carbonyl (C=O) groups is 1. The third-order valence-electron chi connectivity index (χ3n) is 6.48. The van der Waals surface area contributed by atoms with Gasteiger partial charge in [-0.3, -0.25) is 14.5 Å². The molecule has 1 unspecified atom stereocenters. The summed E-state index contributed by atoms with van der Waals surface area (Å²) in [5, 5.41) is 23.7. The number of aromatic amines is 1. The third-order valence-corrected chi connectivity index (χ3v) is 6.76. The van der Waals surface area contributed by atoms with Crippen molar-refractivity contribution in [2.45, 2.75) is 46.4 Å². The van der Waals surface area contributed by atoms with Gasteiger partial charge in [-0.25, -0.2) is 9.18 Å². The average Bonchev–Trinajstić information content (AvgIpc) is 3.42. The number of nitrogens with zero attached hydrogens (tertiary/aromatic N) is 4. The number of anilines is 1. The Hall–Kier alpha value is -4.06. The first-order valence-corrected chi connectivity index (χ1v) is 13.0. The SMILES string of the molecule is C=C(C)C(CO)c1cc(-n2nc(COCc3ccccc3)n(CC)c2=O)c(F)cc1C(=O)Nc1c(Cl)n[nH]c1C. The van der Waals surface area contributed by atoms with Crippen LogP contribution < -0.4 is 11.0 Å². The highest BCUT2D eigenvalue weighted by molar-refractivity contribution is 6.33. The highest BCUT2D eigenvalue weighted by Crippen LogP contribution is 2.31. The first kappa shape index (κ1) is 28.9. The van der Waals surface area contributed by atoms with E-state index in [1.54, 1.807) is 20.8 Å². The number of amides is 1. The fraction of sp³-hybridized carbons (Fsp3) is 0.286. The van der Waals surface area contributed by atoms with E-state index in [-0.39, 0.29) is 40.8 Å². The van der Waals surface area contributed by atoms with Crippen molar-refractivity contribution in [3.8, 4) is 5.69 Å². The van der Waals surface area contributed by atoms with Gasteiger partial charge in [0.05, 0.1) is 18.9 Å².